The molecule has 2 unspecified atom stereocenters. The van der Waals surface area contributed by atoms with E-state index in [0.29, 0.717) is 6.42 Å². The fourth-order valence-electron chi connectivity index (χ4n) is 1.83. The standard InChI is InChI=1S/C10H19NO2/c1-11(2)10(13)7-8-5-3-4-6-9(8)12/h8-9,12H,3-7H2,1-2H3. The molecule has 0 aromatic carbocycles. The fourth-order valence-corrected chi connectivity index (χ4v) is 1.83. The van der Waals surface area contributed by atoms with Gasteiger partial charge in [0.05, 0.1) is 6.10 Å². The number of aliphatic hydroxyl groups excluding tert-OH is 1. The van der Waals surface area contributed by atoms with Gasteiger partial charge < -0.3 is 10.0 Å². The minimum absolute atomic E-state index is 0.131. The first-order valence-corrected chi connectivity index (χ1v) is 4.99. The highest BCUT2D eigenvalue weighted by atomic mass is 16.3. The van der Waals surface area contributed by atoms with Crippen molar-refractivity contribution in [1.82, 2.24) is 4.90 Å². The number of aliphatic hydroxyl groups is 1. The molecule has 0 heterocycles. The number of nitrogens with zero attached hydrogens (tertiary/aromatic N) is 1. The van der Waals surface area contributed by atoms with Crippen molar-refractivity contribution < 1.29 is 9.90 Å². The van der Waals surface area contributed by atoms with Gasteiger partial charge >= 0.3 is 0 Å². The Balaban J connectivity index is 2.38. The summed E-state index contributed by atoms with van der Waals surface area (Å²) in [5, 5.41) is 9.63. The third kappa shape index (κ3) is 2.99. The molecule has 2 atom stereocenters. The van der Waals surface area contributed by atoms with E-state index in [-0.39, 0.29) is 17.9 Å². The Morgan fingerprint density at radius 2 is 2.00 bits per heavy atom. The van der Waals surface area contributed by atoms with Crippen LogP contribution in [0.2, 0.25) is 0 Å². The molecule has 0 bridgehead atoms. The molecule has 13 heavy (non-hydrogen) atoms. The third-order valence-corrected chi connectivity index (χ3v) is 2.80. The van der Waals surface area contributed by atoms with Crippen molar-refractivity contribution >= 4 is 5.91 Å². The number of rotatable bonds is 2. The van der Waals surface area contributed by atoms with E-state index in [1.54, 1.807) is 19.0 Å². The Labute approximate surface area is 79.7 Å². The molecule has 1 N–H and O–H groups in total. The molecule has 3 nitrogen and oxygen atoms in total. The number of carbonyl (C=O) groups excluding carboxylic acids is 1. The zero-order valence-electron chi connectivity index (χ0n) is 8.49. The zero-order valence-corrected chi connectivity index (χ0v) is 8.49. The molecule has 0 saturated heterocycles. The summed E-state index contributed by atoms with van der Waals surface area (Å²) in [5.74, 6) is 0.328. The second-order valence-electron chi connectivity index (χ2n) is 4.10. The maximum absolute atomic E-state index is 11.4. The van der Waals surface area contributed by atoms with Gasteiger partial charge in [-0.3, -0.25) is 4.79 Å². The van der Waals surface area contributed by atoms with Crippen LogP contribution in [0, 0.1) is 5.92 Å². The topological polar surface area (TPSA) is 40.5 Å². The fraction of sp³-hybridized carbons (Fsp3) is 0.900. The average Bonchev–Trinajstić information content (AvgIpc) is 2.08. The average molecular weight is 185 g/mol. The van der Waals surface area contributed by atoms with Crippen LogP contribution in [0.15, 0.2) is 0 Å². The van der Waals surface area contributed by atoms with Gasteiger partial charge in [-0.25, -0.2) is 0 Å². The lowest BCUT2D eigenvalue weighted by Gasteiger charge is -2.27. The van der Waals surface area contributed by atoms with Gasteiger partial charge in [-0.1, -0.05) is 12.8 Å². The first-order chi connectivity index (χ1) is 6.11. The maximum Gasteiger partial charge on any atom is 0.222 e. The van der Waals surface area contributed by atoms with E-state index in [1.165, 1.54) is 0 Å². The van der Waals surface area contributed by atoms with Crippen LogP contribution in [-0.2, 0) is 4.79 Å². The molecule has 0 aromatic heterocycles. The number of hydrogen-bond donors (Lipinski definition) is 1. The SMILES string of the molecule is CN(C)C(=O)CC1CCCCC1O. The number of amides is 1. The Bertz CT molecular complexity index is 180. The highest BCUT2D eigenvalue weighted by Crippen LogP contribution is 2.27. The van der Waals surface area contributed by atoms with E-state index >= 15 is 0 Å². The molecular formula is C10H19NO2. The molecule has 1 aliphatic rings. The second-order valence-corrected chi connectivity index (χ2v) is 4.10. The molecule has 1 saturated carbocycles. The van der Waals surface area contributed by atoms with E-state index in [2.05, 4.69) is 0 Å². The largest absolute Gasteiger partial charge is 0.393 e. The summed E-state index contributed by atoms with van der Waals surface area (Å²) in [4.78, 5) is 13.0. The summed E-state index contributed by atoms with van der Waals surface area (Å²) in [6.45, 7) is 0. The smallest absolute Gasteiger partial charge is 0.222 e. The molecule has 1 aliphatic carbocycles. The van der Waals surface area contributed by atoms with Gasteiger partial charge in [-0.05, 0) is 18.8 Å². The van der Waals surface area contributed by atoms with E-state index in [9.17, 15) is 9.90 Å². The van der Waals surface area contributed by atoms with Gasteiger partial charge in [0.2, 0.25) is 5.91 Å². The lowest BCUT2D eigenvalue weighted by Crippen LogP contribution is -2.31. The van der Waals surface area contributed by atoms with Crippen LogP contribution in [0.3, 0.4) is 0 Å². The molecule has 1 fully saturated rings. The summed E-state index contributed by atoms with van der Waals surface area (Å²) in [5.41, 5.74) is 0. The molecular weight excluding hydrogens is 166 g/mol. The van der Waals surface area contributed by atoms with Crippen LogP contribution in [0.25, 0.3) is 0 Å². The molecule has 1 amide bonds. The molecule has 1 rings (SSSR count). The van der Waals surface area contributed by atoms with Crippen molar-refractivity contribution in [2.75, 3.05) is 14.1 Å². The minimum atomic E-state index is -0.252. The summed E-state index contributed by atoms with van der Waals surface area (Å²) < 4.78 is 0. The highest BCUT2D eigenvalue weighted by molar-refractivity contribution is 5.75. The summed E-state index contributed by atoms with van der Waals surface area (Å²) in [6, 6.07) is 0. The van der Waals surface area contributed by atoms with Crippen LogP contribution in [0.1, 0.15) is 32.1 Å². The van der Waals surface area contributed by atoms with Crippen molar-refractivity contribution in [3.63, 3.8) is 0 Å². The number of hydrogen-bond acceptors (Lipinski definition) is 2. The van der Waals surface area contributed by atoms with Crippen molar-refractivity contribution in [3.8, 4) is 0 Å². The summed E-state index contributed by atoms with van der Waals surface area (Å²) in [6.07, 6.45) is 4.38. The summed E-state index contributed by atoms with van der Waals surface area (Å²) in [7, 11) is 3.52. The van der Waals surface area contributed by atoms with Gasteiger partial charge in [-0.2, -0.15) is 0 Å². The highest BCUT2D eigenvalue weighted by Gasteiger charge is 2.25. The predicted molar refractivity (Wildman–Crippen MR) is 51.3 cm³/mol. The Morgan fingerprint density at radius 1 is 1.38 bits per heavy atom. The van der Waals surface area contributed by atoms with Crippen LogP contribution >= 0.6 is 0 Å². The second kappa shape index (κ2) is 4.61. The van der Waals surface area contributed by atoms with Gasteiger partial charge in [0.25, 0.3) is 0 Å². The van der Waals surface area contributed by atoms with Crippen LogP contribution in [0.5, 0.6) is 0 Å². The lowest BCUT2D eigenvalue weighted by molar-refractivity contribution is -0.131. The van der Waals surface area contributed by atoms with Crippen LogP contribution in [0.4, 0.5) is 0 Å². The third-order valence-electron chi connectivity index (χ3n) is 2.80. The van der Waals surface area contributed by atoms with E-state index in [0.717, 1.165) is 25.7 Å². The number of carbonyl (C=O) groups is 1. The van der Waals surface area contributed by atoms with Crippen molar-refractivity contribution in [2.45, 2.75) is 38.2 Å². The quantitative estimate of drug-likeness (QED) is 0.697. The molecule has 0 spiro atoms. The molecule has 0 aromatic rings. The van der Waals surface area contributed by atoms with Crippen molar-refractivity contribution in [3.05, 3.63) is 0 Å². The first kappa shape index (κ1) is 10.5. The van der Waals surface area contributed by atoms with Crippen molar-refractivity contribution in [1.29, 1.82) is 0 Å². The van der Waals surface area contributed by atoms with Gasteiger partial charge in [0, 0.05) is 20.5 Å². The predicted octanol–water partition coefficient (Wildman–Crippen LogP) is 1.02. The van der Waals surface area contributed by atoms with Gasteiger partial charge in [0.1, 0.15) is 0 Å². The first-order valence-electron chi connectivity index (χ1n) is 4.99. The molecule has 3 heteroatoms. The lowest BCUT2D eigenvalue weighted by atomic mass is 9.84. The van der Waals surface area contributed by atoms with Crippen molar-refractivity contribution in [2.24, 2.45) is 5.92 Å². The Morgan fingerprint density at radius 3 is 2.54 bits per heavy atom. The monoisotopic (exact) mass is 185 g/mol. The Hall–Kier alpha value is -0.570. The van der Waals surface area contributed by atoms with Gasteiger partial charge in [0.15, 0.2) is 0 Å². The van der Waals surface area contributed by atoms with E-state index in [1.807, 2.05) is 0 Å². The van der Waals surface area contributed by atoms with Gasteiger partial charge in [-0.15, -0.1) is 0 Å². The maximum atomic E-state index is 11.4. The molecule has 0 aliphatic heterocycles. The minimum Gasteiger partial charge on any atom is -0.393 e. The van der Waals surface area contributed by atoms with Crippen LogP contribution < -0.4 is 0 Å². The molecule has 76 valence electrons. The molecule has 0 radical (unpaired) electrons. The zero-order chi connectivity index (χ0) is 9.84. The Kier molecular flexibility index (Phi) is 3.72. The van der Waals surface area contributed by atoms with E-state index < -0.39 is 0 Å². The summed E-state index contributed by atoms with van der Waals surface area (Å²) >= 11 is 0. The van der Waals surface area contributed by atoms with E-state index in [4.69, 9.17) is 0 Å². The van der Waals surface area contributed by atoms with Crippen LogP contribution in [-0.4, -0.2) is 36.1 Å². The normalized spacial score (nSPS) is 28.5.